The molecule has 142 valence electrons. The predicted molar refractivity (Wildman–Crippen MR) is 109 cm³/mol. The van der Waals surface area contributed by atoms with E-state index in [0.717, 1.165) is 11.1 Å². The Morgan fingerprint density at radius 1 is 0.786 bits per heavy atom. The Balaban J connectivity index is 1.52. The average Bonchev–Trinajstić information content (AvgIpc) is 2.76. The molecule has 5 heteroatoms. The van der Waals surface area contributed by atoms with Crippen molar-refractivity contribution in [3.8, 4) is 0 Å². The number of amides is 2. The zero-order valence-electron chi connectivity index (χ0n) is 15.5. The third kappa shape index (κ3) is 5.27. The maximum Gasteiger partial charge on any atom is 0.252 e. The highest BCUT2D eigenvalue weighted by Crippen LogP contribution is 2.24. The molecule has 0 saturated heterocycles. The molecule has 3 rings (SSSR count). The normalized spacial score (nSPS) is 10.5. The van der Waals surface area contributed by atoms with Crippen LogP contribution in [0.3, 0.4) is 0 Å². The van der Waals surface area contributed by atoms with Gasteiger partial charge in [0.05, 0.1) is 11.5 Å². The van der Waals surface area contributed by atoms with Crippen molar-refractivity contribution in [1.82, 2.24) is 15.6 Å². The molecule has 0 bridgehead atoms. The van der Waals surface area contributed by atoms with Crippen molar-refractivity contribution in [3.63, 3.8) is 0 Å². The first-order valence-electron chi connectivity index (χ1n) is 9.31. The SMILES string of the molecule is O=C(NCCCNC(=O)C(c1ccccc1)c1ccccc1)c1cccnc1. The molecule has 0 aliphatic heterocycles. The van der Waals surface area contributed by atoms with Crippen molar-refractivity contribution in [2.75, 3.05) is 13.1 Å². The number of nitrogens with zero attached hydrogens (tertiary/aromatic N) is 1. The lowest BCUT2D eigenvalue weighted by Gasteiger charge is -2.18. The summed E-state index contributed by atoms with van der Waals surface area (Å²) in [6.45, 7) is 0.970. The summed E-state index contributed by atoms with van der Waals surface area (Å²) in [6.07, 6.45) is 3.80. The fourth-order valence-electron chi connectivity index (χ4n) is 2.99. The molecular weight excluding hydrogens is 350 g/mol. The molecule has 3 aromatic rings. The standard InChI is InChI=1S/C23H23N3O2/c27-22(20-13-7-14-24-17-20)25-15-8-16-26-23(28)21(18-9-3-1-4-10-18)19-11-5-2-6-12-19/h1-7,9-14,17,21H,8,15-16H2,(H,25,27)(H,26,28). The van der Waals surface area contributed by atoms with Crippen molar-refractivity contribution < 1.29 is 9.59 Å². The van der Waals surface area contributed by atoms with Crippen LogP contribution in [0.1, 0.15) is 33.8 Å². The number of carbonyl (C=O) groups is 2. The molecular formula is C23H23N3O2. The maximum absolute atomic E-state index is 12.9. The molecule has 2 amide bonds. The van der Waals surface area contributed by atoms with E-state index in [1.807, 2.05) is 60.7 Å². The summed E-state index contributed by atoms with van der Waals surface area (Å²) in [6, 6.07) is 22.9. The minimum atomic E-state index is -0.354. The van der Waals surface area contributed by atoms with Crippen LogP contribution in [0.4, 0.5) is 0 Å². The molecule has 0 unspecified atom stereocenters. The summed E-state index contributed by atoms with van der Waals surface area (Å²) in [5.74, 6) is -0.561. The van der Waals surface area contributed by atoms with Gasteiger partial charge in [-0.25, -0.2) is 0 Å². The molecule has 1 aromatic heterocycles. The van der Waals surface area contributed by atoms with Gasteiger partial charge in [-0.05, 0) is 29.7 Å². The van der Waals surface area contributed by atoms with Crippen LogP contribution >= 0.6 is 0 Å². The second-order valence-electron chi connectivity index (χ2n) is 6.40. The fourth-order valence-corrected chi connectivity index (χ4v) is 2.99. The van der Waals surface area contributed by atoms with Gasteiger partial charge >= 0.3 is 0 Å². The minimum absolute atomic E-state index is 0.0454. The molecule has 28 heavy (non-hydrogen) atoms. The number of benzene rings is 2. The quantitative estimate of drug-likeness (QED) is 0.596. The van der Waals surface area contributed by atoms with Crippen molar-refractivity contribution in [1.29, 1.82) is 0 Å². The second kappa shape index (κ2) is 10.0. The monoisotopic (exact) mass is 373 g/mol. The van der Waals surface area contributed by atoms with Gasteiger partial charge in [0, 0.05) is 25.5 Å². The van der Waals surface area contributed by atoms with Crippen LogP contribution in [-0.4, -0.2) is 29.9 Å². The molecule has 5 nitrogen and oxygen atoms in total. The first-order chi connectivity index (χ1) is 13.8. The largest absolute Gasteiger partial charge is 0.355 e. The lowest BCUT2D eigenvalue weighted by Crippen LogP contribution is -2.33. The predicted octanol–water partition coefficient (Wildman–Crippen LogP) is 3.15. The average molecular weight is 373 g/mol. The van der Waals surface area contributed by atoms with Crippen LogP contribution in [-0.2, 0) is 4.79 Å². The molecule has 0 spiro atoms. The van der Waals surface area contributed by atoms with Crippen LogP contribution in [0.15, 0.2) is 85.2 Å². The first-order valence-corrected chi connectivity index (χ1v) is 9.31. The molecule has 0 radical (unpaired) electrons. The van der Waals surface area contributed by atoms with Gasteiger partial charge in [0.1, 0.15) is 0 Å². The van der Waals surface area contributed by atoms with E-state index in [0.29, 0.717) is 25.1 Å². The van der Waals surface area contributed by atoms with E-state index >= 15 is 0 Å². The van der Waals surface area contributed by atoms with E-state index in [-0.39, 0.29) is 17.7 Å². The number of hydrogen-bond donors (Lipinski definition) is 2. The number of aromatic nitrogens is 1. The fraction of sp³-hybridized carbons (Fsp3) is 0.174. The van der Waals surface area contributed by atoms with Crippen molar-refractivity contribution in [3.05, 3.63) is 102 Å². The highest BCUT2D eigenvalue weighted by Gasteiger charge is 2.21. The van der Waals surface area contributed by atoms with E-state index in [2.05, 4.69) is 15.6 Å². The van der Waals surface area contributed by atoms with E-state index in [4.69, 9.17) is 0 Å². The van der Waals surface area contributed by atoms with Crippen LogP contribution in [0.25, 0.3) is 0 Å². The number of pyridine rings is 1. The van der Waals surface area contributed by atoms with Gasteiger partial charge in [0.15, 0.2) is 0 Å². The van der Waals surface area contributed by atoms with Crippen molar-refractivity contribution in [2.24, 2.45) is 0 Å². The Bertz CT molecular complexity index is 844. The number of carbonyl (C=O) groups excluding carboxylic acids is 2. The molecule has 0 atom stereocenters. The topological polar surface area (TPSA) is 71.1 Å². The van der Waals surface area contributed by atoms with Gasteiger partial charge in [0.25, 0.3) is 5.91 Å². The summed E-state index contributed by atoms with van der Waals surface area (Å²) in [7, 11) is 0. The zero-order valence-corrected chi connectivity index (χ0v) is 15.5. The molecule has 2 aromatic carbocycles. The van der Waals surface area contributed by atoms with E-state index in [9.17, 15) is 9.59 Å². The van der Waals surface area contributed by atoms with E-state index < -0.39 is 0 Å². The molecule has 2 N–H and O–H groups in total. The smallest absolute Gasteiger partial charge is 0.252 e. The minimum Gasteiger partial charge on any atom is -0.355 e. The van der Waals surface area contributed by atoms with E-state index in [1.165, 1.54) is 6.20 Å². The Hall–Kier alpha value is -3.47. The number of hydrogen-bond acceptors (Lipinski definition) is 3. The molecule has 0 aliphatic rings. The summed E-state index contributed by atoms with van der Waals surface area (Å²) in [5, 5.41) is 5.83. The summed E-state index contributed by atoms with van der Waals surface area (Å²) in [5.41, 5.74) is 2.44. The van der Waals surface area contributed by atoms with Crippen LogP contribution in [0.5, 0.6) is 0 Å². The first kappa shape index (κ1) is 19.3. The van der Waals surface area contributed by atoms with Gasteiger partial charge in [-0.15, -0.1) is 0 Å². The third-order valence-electron chi connectivity index (χ3n) is 4.39. The van der Waals surface area contributed by atoms with Crippen molar-refractivity contribution in [2.45, 2.75) is 12.3 Å². The number of nitrogens with one attached hydrogen (secondary N) is 2. The Morgan fingerprint density at radius 2 is 1.39 bits per heavy atom. The lowest BCUT2D eigenvalue weighted by molar-refractivity contribution is -0.121. The molecule has 1 heterocycles. The zero-order chi connectivity index (χ0) is 19.6. The Labute approximate surface area is 164 Å². The van der Waals surface area contributed by atoms with Gasteiger partial charge in [-0.2, -0.15) is 0 Å². The van der Waals surface area contributed by atoms with Gasteiger partial charge in [0.2, 0.25) is 5.91 Å². The summed E-state index contributed by atoms with van der Waals surface area (Å²) in [4.78, 5) is 28.8. The third-order valence-corrected chi connectivity index (χ3v) is 4.39. The molecule has 0 saturated carbocycles. The maximum atomic E-state index is 12.9. The lowest BCUT2D eigenvalue weighted by atomic mass is 9.90. The van der Waals surface area contributed by atoms with Gasteiger partial charge in [-0.1, -0.05) is 60.7 Å². The highest BCUT2D eigenvalue weighted by atomic mass is 16.2. The van der Waals surface area contributed by atoms with Gasteiger partial charge < -0.3 is 10.6 Å². The number of rotatable bonds is 8. The summed E-state index contributed by atoms with van der Waals surface area (Å²) >= 11 is 0. The molecule has 0 aliphatic carbocycles. The Morgan fingerprint density at radius 3 is 1.96 bits per heavy atom. The van der Waals surface area contributed by atoms with Gasteiger partial charge in [-0.3, -0.25) is 14.6 Å². The van der Waals surface area contributed by atoms with Crippen molar-refractivity contribution >= 4 is 11.8 Å². The Kier molecular flexibility index (Phi) is 6.90. The van der Waals surface area contributed by atoms with E-state index in [1.54, 1.807) is 18.3 Å². The van der Waals surface area contributed by atoms with Crippen LogP contribution in [0, 0.1) is 0 Å². The highest BCUT2D eigenvalue weighted by molar-refractivity contribution is 5.93. The summed E-state index contributed by atoms with van der Waals surface area (Å²) < 4.78 is 0. The second-order valence-corrected chi connectivity index (χ2v) is 6.40. The molecule has 0 fully saturated rings. The van der Waals surface area contributed by atoms with Crippen LogP contribution in [0.2, 0.25) is 0 Å². The van der Waals surface area contributed by atoms with Crippen LogP contribution < -0.4 is 10.6 Å².